The van der Waals surface area contributed by atoms with Crippen molar-refractivity contribution in [3.63, 3.8) is 0 Å². The quantitative estimate of drug-likeness (QED) is 0.890. The highest BCUT2D eigenvalue weighted by molar-refractivity contribution is 9.11. The van der Waals surface area contributed by atoms with Gasteiger partial charge in [0.05, 0.1) is 9.89 Å². The van der Waals surface area contributed by atoms with Crippen LogP contribution >= 0.6 is 43.2 Å². The second-order valence-electron chi connectivity index (χ2n) is 2.80. The van der Waals surface area contributed by atoms with Crippen molar-refractivity contribution in [3.05, 3.63) is 19.2 Å². The van der Waals surface area contributed by atoms with E-state index >= 15 is 0 Å². The summed E-state index contributed by atoms with van der Waals surface area (Å²) in [7, 11) is 0. The van der Waals surface area contributed by atoms with E-state index in [1.54, 1.807) is 18.3 Å². The predicted molar refractivity (Wildman–Crippen MR) is 63.1 cm³/mol. The van der Waals surface area contributed by atoms with Gasteiger partial charge in [-0.2, -0.15) is 0 Å². The molecule has 74 valence electrons. The number of hydrogen-bond acceptors (Lipinski definition) is 3. The van der Waals surface area contributed by atoms with Gasteiger partial charge in [0.15, 0.2) is 0 Å². The van der Waals surface area contributed by atoms with Crippen molar-refractivity contribution >= 4 is 43.2 Å². The lowest BCUT2D eigenvalue weighted by molar-refractivity contribution is 0.191. The summed E-state index contributed by atoms with van der Waals surface area (Å²) in [6.07, 6.45) is -0.290. The Bertz CT molecular complexity index is 275. The molecule has 0 aliphatic rings. The smallest absolute Gasteiger partial charge is 0.0713 e. The van der Waals surface area contributed by atoms with Crippen molar-refractivity contribution < 1.29 is 5.11 Å². The molecule has 0 spiro atoms. The van der Waals surface area contributed by atoms with E-state index in [1.165, 1.54) is 4.88 Å². The van der Waals surface area contributed by atoms with E-state index in [-0.39, 0.29) is 6.10 Å². The highest BCUT2D eigenvalue weighted by atomic mass is 79.9. The van der Waals surface area contributed by atoms with Gasteiger partial charge in [-0.25, -0.2) is 0 Å². The molecule has 1 heterocycles. The molecule has 0 bridgehead atoms. The van der Waals surface area contributed by atoms with Gasteiger partial charge in [0.1, 0.15) is 0 Å². The summed E-state index contributed by atoms with van der Waals surface area (Å²) in [5.41, 5.74) is 0. The first-order valence-electron chi connectivity index (χ1n) is 3.92. The van der Waals surface area contributed by atoms with E-state index in [1.807, 2.05) is 6.07 Å². The summed E-state index contributed by atoms with van der Waals surface area (Å²) in [4.78, 5) is 1.24. The van der Waals surface area contributed by atoms with Crippen LogP contribution in [0.4, 0.5) is 0 Å². The Labute approximate surface area is 98.6 Å². The minimum absolute atomic E-state index is 0.290. The molecule has 5 heteroatoms. The molecule has 0 aliphatic heterocycles. The van der Waals surface area contributed by atoms with Gasteiger partial charge in [-0.3, -0.25) is 0 Å². The van der Waals surface area contributed by atoms with E-state index in [2.05, 4.69) is 37.2 Å². The second-order valence-corrected chi connectivity index (χ2v) is 6.17. The topological polar surface area (TPSA) is 32.3 Å². The lowest BCUT2D eigenvalue weighted by Crippen LogP contribution is -2.23. The predicted octanol–water partition coefficient (Wildman–Crippen LogP) is 2.74. The fourth-order valence-corrected chi connectivity index (χ4v) is 3.52. The first kappa shape index (κ1) is 11.7. The molecular weight excluding hydrogens is 318 g/mol. The van der Waals surface area contributed by atoms with Gasteiger partial charge in [-0.1, -0.05) is 0 Å². The summed E-state index contributed by atoms with van der Waals surface area (Å²) in [6, 6.07) is 2.03. The number of nitrogens with one attached hydrogen (secondary N) is 1. The molecule has 1 atom stereocenters. The van der Waals surface area contributed by atoms with E-state index in [9.17, 15) is 0 Å². The van der Waals surface area contributed by atoms with Gasteiger partial charge in [-0.05, 0) is 44.8 Å². The highest BCUT2D eigenvalue weighted by Crippen LogP contribution is 2.30. The van der Waals surface area contributed by atoms with Gasteiger partial charge < -0.3 is 10.4 Å². The molecule has 0 unspecified atom stereocenters. The molecule has 13 heavy (non-hydrogen) atoms. The molecular formula is C8H11Br2NOS. The van der Waals surface area contributed by atoms with Crippen LogP contribution in [0.25, 0.3) is 0 Å². The van der Waals surface area contributed by atoms with Crippen molar-refractivity contribution in [1.82, 2.24) is 5.32 Å². The van der Waals surface area contributed by atoms with Gasteiger partial charge in [0, 0.05) is 22.4 Å². The zero-order valence-corrected chi connectivity index (χ0v) is 11.2. The third kappa shape index (κ3) is 4.08. The van der Waals surface area contributed by atoms with Gasteiger partial charge in [0.25, 0.3) is 0 Å². The maximum atomic E-state index is 9.02. The molecule has 0 saturated heterocycles. The summed E-state index contributed by atoms with van der Waals surface area (Å²) in [6.45, 7) is 3.19. The van der Waals surface area contributed by atoms with Crippen molar-refractivity contribution in [2.24, 2.45) is 0 Å². The van der Waals surface area contributed by atoms with Crippen molar-refractivity contribution in [2.75, 3.05) is 6.54 Å². The summed E-state index contributed by atoms with van der Waals surface area (Å²) in [5.74, 6) is 0. The van der Waals surface area contributed by atoms with E-state index in [0.717, 1.165) is 14.8 Å². The molecule has 0 radical (unpaired) electrons. The van der Waals surface area contributed by atoms with Crippen LogP contribution in [0, 0.1) is 0 Å². The number of aliphatic hydroxyl groups is 1. The SMILES string of the molecule is C[C@H](O)CNCc1sc(Br)cc1Br. The number of thiophene rings is 1. The standard InChI is InChI=1S/C8H11Br2NOS/c1-5(12)3-11-4-7-6(9)2-8(10)13-7/h2,5,11-12H,3-4H2,1H3/t5-/m0/s1. The van der Waals surface area contributed by atoms with E-state index < -0.39 is 0 Å². The second kappa shape index (κ2) is 5.46. The van der Waals surface area contributed by atoms with Gasteiger partial charge in [0.2, 0.25) is 0 Å². The van der Waals surface area contributed by atoms with Gasteiger partial charge in [-0.15, -0.1) is 11.3 Å². The Morgan fingerprint density at radius 3 is 2.77 bits per heavy atom. The number of rotatable bonds is 4. The Morgan fingerprint density at radius 1 is 1.62 bits per heavy atom. The van der Waals surface area contributed by atoms with Gasteiger partial charge >= 0.3 is 0 Å². The number of halogens is 2. The monoisotopic (exact) mass is 327 g/mol. The lowest BCUT2D eigenvalue weighted by atomic mass is 10.4. The summed E-state index contributed by atoms with van der Waals surface area (Å²) in [5, 5.41) is 12.2. The zero-order valence-electron chi connectivity index (χ0n) is 7.18. The van der Waals surface area contributed by atoms with E-state index in [0.29, 0.717) is 6.54 Å². The molecule has 0 amide bonds. The molecule has 1 rings (SSSR count). The molecule has 0 saturated carbocycles. The summed E-state index contributed by atoms with van der Waals surface area (Å²) >= 11 is 8.57. The molecule has 2 nitrogen and oxygen atoms in total. The molecule has 1 aromatic heterocycles. The minimum atomic E-state index is -0.290. The molecule has 0 aliphatic carbocycles. The van der Waals surface area contributed by atoms with Crippen LogP contribution in [0.3, 0.4) is 0 Å². The normalized spacial score (nSPS) is 13.2. The molecule has 0 fully saturated rings. The number of hydrogen-bond donors (Lipinski definition) is 2. The Balaban J connectivity index is 2.40. The first-order valence-corrected chi connectivity index (χ1v) is 6.32. The Morgan fingerprint density at radius 2 is 2.31 bits per heavy atom. The first-order chi connectivity index (χ1) is 6.09. The number of aliphatic hydroxyl groups excluding tert-OH is 1. The fourth-order valence-electron chi connectivity index (χ4n) is 0.891. The maximum Gasteiger partial charge on any atom is 0.0713 e. The third-order valence-corrected chi connectivity index (χ3v) is 4.06. The molecule has 2 N–H and O–H groups in total. The van der Waals surface area contributed by atoms with Crippen LogP contribution in [0.2, 0.25) is 0 Å². The third-order valence-electron chi connectivity index (χ3n) is 1.45. The van der Waals surface area contributed by atoms with Crippen molar-refractivity contribution in [3.8, 4) is 0 Å². The van der Waals surface area contributed by atoms with Crippen LogP contribution < -0.4 is 5.32 Å². The highest BCUT2D eigenvalue weighted by Gasteiger charge is 2.04. The van der Waals surface area contributed by atoms with Crippen LogP contribution in [-0.2, 0) is 6.54 Å². The molecule has 1 aromatic rings. The van der Waals surface area contributed by atoms with E-state index in [4.69, 9.17) is 5.11 Å². The van der Waals surface area contributed by atoms with Crippen molar-refractivity contribution in [1.29, 1.82) is 0 Å². The van der Waals surface area contributed by atoms with Crippen LogP contribution in [-0.4, -0.2) is 17.8 Å². The zero-order chi connectivity index (χ0) is 9.84. The largest absolute Gasteiger partial charge is 0.392 e. The van der Waals surface area contributed by atoms with Crippen LogP contribution in [0.15, 0.2) is 14.3 Å². The van der Waals surface area contributed by atoms with Crippen LogP contribution in [0.1, 0.15) is 11.8 Å². The lowest BCUT2D eigenvalue weighted by Gasteiger charge is -2.05. The maximum absolute atomic E-state index is 9.02. The Hall–Kier alpha value is 0.580. The average molecular weight is 329 g/mol. The molecule has 0 aromatic carbocycles. The minimum Gasteiger partial charge on any atom is -0.392 e. The average Bonchev–Trinajstić information content (AvgIpc) is 2.29. The van der Waals surface area contributed by atoms with Crippen LogP contribution in [0.5, 0.6) is 0 Å². The summed E-state index contributed by atoms with van der Waals surface area (Å²) < 4.78 is 2.23. The van der Waals surface area contributed by atoms with Crippen molar-refractivity contribution in [2.45, 2.75) is 19.6 Å². The Kier molecular flexibility index (Phi) is 4.89. The fraction of sp³-hybridized carbons (Fsp3) is 0.500.